The van der Waals surface area contributed by atoms with E-state index in [1.807, 2.05) is 46.8 Å². The average molecular weight is 436 g/mol. The van der Waals surface area contributed by atoms with E-state index in [9.17, 15) is 14.4 Å². The number of Topliss-reactive ketones (excluding diaryl/α,β-unsaturated/α-hetero) is 2. The fraction of sp³-hybridized carbons (Fsp3) is 0.571. The Hall–Kier alpha value is -1.69. The summed E-state index contributed by atoms with van der Waals surface area (Å²) in [5.74, 6) is -0.758. The van der Waals surface area contributed by atoms with Gasteiger partial charge in [0.1, 0.15) is 23.1 Å². The second-order valence-corrected chi connectivity index (χ2v) is 9.92. The second-order valence-electron chi connectivity index (χ2n) is 9.01. The van der Waals surface area contributed by atoms with Crippen molar-refractivity contribution in [3.8, 4) is 0 Å². The van der Waals surface area contributed by atoms with Gasteiger partial charge in [0.15, 0.2) is 0 Å². The van der Waals surface area contributed by atoms with E-state index in [2.05, 4.69) is 15.9 Å². The molecule has 1 aliphatic heterocycles. The molecular formula is C21H26BrNO4. The van der Waals surface area contributed by atoms with Gasteiger partial charge in [0.05, 0.1) is 0 Å². The van der Waals surface area contributed by atoms with Crippen LogP contribution in [-0.2, 0) is 14.3 Å². The largest absolute Gasteiger partial charge is 0.444 e. The van der Waals surface area contributed by atoms with Gasteiger partial charge in [-0.15, -0.1) is 0 Å². The highest BCUT2D eigenvalue weighted by Gasteiger charge is 2.54. The highest BCUT2D eigenvalue weighted by molar-refractivity contribution is 9.10. The van der Waals surface area contributed by atoms with Gasteiger partial charge in [-0.25, -0.2) is 4.79 Å². The number of carbonyl (C=O) groups excluding carboxylic acids is 3. The number of benzene rings is 1. The number of likely N-dealkylation sites (tertiary alicyclic amines) is 1. The van der Waals surface area contributed by atoms with Gasteiger partial charge in [0.25, 0.3) is 0 Å². The summed E-state index contributed by atoms with van der Waals surface area (Å²) in [6.45, 7) is 10.1. The molecule has 0 radical (unpaired) electrons. The van der Waals surface area contributed by atoms with Gasteiger partial charge in [-0.2, -0.15) is 0 Å². The van der Waals surface area contributed by atoms with Crippen LogP contribution in [0.15, 0.2) is 16.6 Å². The minimum atomic E-state index is -0.681. The highest BCUT2D eigenvalue weighted by atomic mass is 79.9. The van der Waals surface area contributed by atoms with Crippen molar-refractivity contribution in [2.75, 3.05) is 13.1 Å². The second kappa shape index (κ2) is 6.73. The summed E-state index contributed by atoms with van der Waals surface area (Å²) in [6, 6.07) is 3.89. The monoisotopic (exact) mass is 435 g/mol. The molecule has 0 bridgehead atoms. The highest BCUT2D eigenvalue weighted by Crippen LogP contribution is 2.46. The first kappa shape index (κ1) is 20.1. The summed E-state index contributed by atoms with van der Waals surface area (Å²) in [4.78, 5) is 39.6. The Morgan fingerprint density at radius 3 is 2.04 bits per heavy atom. The third kappa shape index (κ3) is 3.96. The molecule has 1 amide bonds. The smallest absolute Gasteiger partial charge is 0.410 e. The van der Waals surface area contributed by atoms with E-state index in [1.54, 1.807) is 4.90 Å². The maximum Gasteiger partial charge on any atom is 0.410 e. The standard InChI is InChI=1S/C21H26BrNO4/c1-12-6-14(22)7-13(2)17(12)18-15(24)8-21(9-16(18)25)10-23(11-21)19(26)27-20(3,4)5/h6-7,18H,8-11H2,1-5H3. The van der Waals surface area contributed by atoms with E-state index in [0.29, 0.717) is 25.9 Å². The molecule has 1 saturated carbocycles. The molecule has 0 aromatic heterocycles. The van der Waals surface area contributed by atoms with Crippen LogP contribution in [0.3, 0.4) is 0 Å². The van der Waals surface area contributed by atoms with E-state index in [0.717, 1.165) is 21.2 Å². The number of halogens is 1. The lowest BCUT2D eigenvalue weighted by Gasteiger charge is -2.52. The predicted molar refractivity (Wildman–Crippen MR) is 106 cm³/mol. The van der Waals surface area contributed by atoms with Crippen molar-refractivity contribution in [1.29, 1.82) is 0 Å². The van der Waals surface area contributed by atoms with Crippen molar-refractivity contribution < 1.29 is 19.1 Å². The first-order valence-electron chi connectivity index (χ1n) is 9.21. The summed E-state index contributed by atoms with van der Waals surface area (Å²) in [5, 5.41) is 0. The van der Waals surface area contributed by atoms with Crippen molar-refractivity contribution in [1.82, 2.24) is 4.90 Å². The van der Waals surface area contributed by atoms with Crippen LogP contribution < -0.4 is 0 Å². The van der Waals surface area contributed by atoms with Gasteiger partial charge in [-0.05, 0) is 63.4 Å². The van der Waals surface area contributed by atoms with Crippen molar-refractivity contribution in [2.45, 2.75) is 59.0 Å². The molecule has 1 aromatic rings. The van der Waals surface area contributed by atoms with Gasteiger partial charge in [0.2, 0.25) is 0 Å². The third-order valence-electron chi connectivity index (χ3n) is 5.29. The number of nitrogens with zero attached hydrogens (tertiary/aromatic N) is 1. The van der Waals surface area contributed by atoms with Crippen LogP contribution in [0.4, 0.5) is 4.79 Å². The van der Waals surface area contributed by atoms with Crippen molar-refractivity contribution >= 4 is 33.6 Å². The van der Waals surface area contributed by atoms with Crippen LogP contribution >= 0.6 is 15.9 Å². The summed E-state index contributed by atoms with van der Waals surface area (Å²) >= 11 is 3.46. The molecule has 2 fully saturated rings. The first-order chi connectivity index (χ1) is 12.4. The Balaban J connectivity index is 1.74. The van der Waals surface area contributed by atoms with E-state index in [1.165, 1.54) is 0 Å². The predicted octanol–water partition coefficient (Wildman–Crippen LogP) is 4.32. The third-order valence-corrected chi connectivity index (χ3v) is 5.75. The molecule has 1 heterocycles. The number of ether oxygens (including phenoxy) is 1. The molecule has 27 heavy (non-hydrogen) atoms. The molecule has 6 heteroatoms. The zero-order valence-electron chi connectivity index (χ0n) is 16.5. The molecule has 0 N–H and O–H groups in total. The van der Waals surface area contributed by atoms with E-state index in [-0.39, 0.29) is 17.7 Å². The van der Waals surface area contributed by atoms with Crippen molar-refractivity contribution in [3.05, 3.63) is 33.3 Å². The van der Waals surface area contributed by atoms with E-state index < -0.39 is 16.9 Å². The Bertz CT molecular complexity index is 775. The van der Waals surface area contributed by atoms with Crippen molar-refractivity contribution in [2.24, 2.45) is 5.41 Å². The average Bonchev–Trinajstić information content (AvgIpc) is 2.44. The maximum absolute atomic E-state index is 12.9. The number of rotatable bonds is 1. The molecule has 146 valence electrons. The lowest BCUT2D eigenvalue weighted by molar-refractivity contribution is -0.143. The molecule has 0 unspecified atom stereocenters. The van der Waals surface area contributed by atoms with Gasteiger partial charge in [0, 0.05) is 35.8 Å². The lowest BCUT2D eigenvalue weighted by atomic mass is 9.63. The van der Waals surface area contributed by atoms with Gasteiger partial charge in [-0.3, -0.25) is 9.59 Å². The summed E-state index contributed by atoms with van der Waals surface area (Å²) in [5.41, 5.74) is 1.77. The fourth-order valence-corrected chi connectivity index (χ4v) is 5.01. The minimum Gasteiger partial charge on any atom is -0.444 e. The van der Waals surface area contributed by atoms with Crippen LogP contribution in [0.25, 0.3) is 0 Å². The quantitative estimate of drug-likeness (QED) is 0.616. The first-order valence-corrected chi connectivity index (χ1v) is 10.0. The van der Waals surface area contributed by atoms with Crippen LogP contribution in [0.5, 0.6) is 0 Å². The fourth-order valence-electron chi connectivity index (χ4n) is 4.33. The number of hydrogen-bond donors (Lipinski definition) is 0. The Kier molecular flexibility index (Phi) is 5.00. The zero-order chi connectivity index (χ0) is 20.1. The molecule has 1 aliphatic carbocycles. The number of ketones is 2. The van der Waals surface area contributed by atoms with Crippen LogP contribution in [0.1, 0.15) is 56.2 Å². The molecule has 5 nitrogen and oxygen atoms in total. The normalized spacial score (nSPS) is 20.0. The summed E-state index contributed by atoms with van der Waals surface area (Å²) in [6.07, 6.45) is 0.282. The molecule has 1 saturated heterocycles. The van der Waals surface area contributed by atoms with Crippen molar-refractivity contribution in [3.63, 3.8) is 0 Å². The van der Waals surface area contributed by atoms with Gasteiger partial charge in [-0.1, -0.05) is 15.9 Å². The Labute approximate surface area is 168 Å². The zero-order valence-corrected chi connectivity index (χ0v) is 18.1. The molecule has 0 atom stereocenters. The Morgan fingerprint density at radius 2 is 1.59 bits per heavy atom. The SMILES string of the molecule is Cc1cc(Br)cc(C)c1C1C(=O)CC2(CC1=O)CN(C(=O)OC(C)(C)C)C2. The van der Waals surface area contributed by atoms with E-state index in [4.69, 9.17) is 4.74 Å². The number of amides is 1. The molecule has 2 aliphatic rings. The number of carbonyl (C=O) groups is 3. The summed E-state index contributed by atoms with van der Waals surface area (Å²) < 4.78 is 6.32. The van der Waals surface area contributed by atoms with Crippen LogP contribution in [0.2, 0.25) is 0 Å². The minimum absolute atomic E-state index is 0.0383. The Morgan fingerprint density at radius 1 is 1.11 bits per heavy atom. The maximum atomic E-state index is 12.9. The lowest BCUT2D eigenvalue weighted by Crippen LogP contribution is -2.62. The van der Waals surface area contributed by atoms with Gasteiger partial charge < -0.3 is 9.64 Å². The van der Waals surface area contributed by atoms with Crippen LogP contribution in [-0.4, -0.2) is 41.3 Å². The van der Waals surface area contributed by atoms with E-state index >= 15 is 0 Å². The summed E-state index contributed by atoms with van der Waals surface area (Å²) in [7, 11) is 0. The number of aryl methyl sites for hydroxylation is 2. The molecule has 1 spiro atoms. The molecule has 3 rings (SSSR count). The van der Waals surface area contributed by atoms with Crippen LogP contribution in [0, 0.1) is 19.3 Å². The molecular weight excluding hydrogens is 410 g/mol. The topological polar surface area (TPSA) is 63.7 Å². The molecule has 1 aromatic carbocycles. The number of hydrogen-bond acceptors (Lipinski definition) is 4. The van der Waals surface area contributed by atoms with Gasteiger partial charge >= 0.3 is 6.09 Å².